The SMILES string of the molecule is O=S([O-])Nc1ccc(NS(=O)(=O)c2ccc(N3CCC(c4ccc(Cl)cc4)=N3)cc2)cc1. The third-order valence-electron chi connectivity index (χ3n) is 4.76. The van der Waals surface area contributed by atoms with Gasteiger partial charge in [0.1, 0.15) is 0 Å². The van der Waals surface area contributed by atoms with E-state index in [1.165, 1.54) is 36.4 Å². The summed E-state index contributed by atoms with van der Waals surface area (Å²) in [5.41, 5.74) is 3.37. The molecular formula is C21H18ClN4O4S2-. The Hall–Kier alpha value is -2.92. The second-order valence-electron chi connectivity index (χ2n) is 6.94. The molecule has 0 bridgehead atoms. The van der Waals surface area contributed by atoms with Crippen LogP contribution in [-0.2, 0) is 21.3 Å². The number of sulfonamides is 1. The minimum atomic E-state index is -3.81. The first-order valence-corrected chi connectivity index (χ1v) is 12.4. The van der Waals surface area contributed by atoms with Gasteiger partial charge in [-0.05, 0) is 66.2 Å². The molecule has 11 heteroatoms. The molecule has 0 amide bonds. The number of halogens is 1. The van der Waals surface area contributed by atoms with E-state index < -0.39 is 21.3 Å². The van der Waals surface area contributed by atoms with Crippen molar-refractivity contribution >= 4 is 55.7 Å². The molecule has 0 saturated heterocycles. The van der Waals surface area contributed by atoms with E-state index in [0.29, 0.717) is 22.9 Å². The number of nitrogens with one attached hydrogen (secondary N) is 2. The van der Waals surface area contributed by atoms with Gasteiger partial charge in [-0.3, -0.25) is 13.9 Å². The van der Waals surface area contributed by atoms with E-state index in [9.17, 15) is 17.2 Å². The van der Waals surface area contributed by atoms with Crippen LogP contribution in [0.1, 0.15) is 12.0 Å². The fourth-order valence-corrected chi connectivity index (χ4v) is 4.72. The third kappa shape index (κ3) is 5.28. The van der Waals surface area contributed by atoms with Crippen molar-refractivity contribution in [2.45, 2.75) is 11.3 Å². The standard InChI is InChI=1S/C21H19ClN4O4S2/c22-16-3-1-15(2-4-16)21-13-14-26(23-21)19-9-11-20(12-10-19)32(29,30)25-18-7-5-17(6-8-18)24-31(27)28/h1-12,24-25H,13-14H2,(H,27,28)/p-1. The average Bonchev–Trinajstić information content (AvgIpc) is 3.25. The van der Waals surface area contributed by atoms with Crippen LogP contribution in [0.3, 0.4) is 0 Å². The minimum Gasteiger partial charge on any atom is -0.755 e. The number of hydrogen-bond donors (Lipinski definition) is 2. The Labute approximate surface area is 193 Å². The normalized spacial score (nSPS) is 14.7. The highest BCUT2D eigenvalue weighted by Crippen LogP contribution is 2.25. The predicted molar refractivity (Wildman–Crippen MR) is 126 cm³/mol. The van der Waals surface area contributed by atoms with Gasteiger partial charge in [-0.15, -0.1) is 0 Å². The van der Waals surface area contributed by atoms with Crippen LogP contribution in [0.5, 0.6) is 0 Å². The number of rotatable bonds is 7. The second-order valence-corrected chi connectivity index (χ2v) is 9.73. The van der Waals surface area contributed by atoms with Gasteiger partial charge in [0.05, 0.1) is 16.3 Å². The Morgan fingerprint density at radius 1 is 0.938 bits per heavy atom. The fraction of sp³-hybridized carbons (Fsp3) is 0.0952. The van der Waals surface area contributed by atoms with Gasteiger partial charge in [0, 0.05) is 40.6 Å². The van der Waals surface area contributed by atoms with Crippen molar-refractivity contribution in [3.05, 3.63) is 83.4 Å². The smallest absolute Gasteiger partial charge is 0.261 e. The van der Waals surface area contributed by atoms with Crippen molar-refractivity contribution < 1.29 is 17.2 Å². The van der Waals surface area contributed by atoms with Gasteiger partial charge in [0.15, 0.2) is 0 Å². The van der Waals surface area contributed by atoms with E-state index >= 15 is 0 Å². The van der Waals surface area contributed by atoms with Gasteiger partial charge >= 0.3 is 0 Å². The topological polar surface area (TPSA) is 114 Å². The lowest BCUT2D eigenvalue weighted by Crippen LogP contribution is -2.14. The van der Waals surface area contributed by atoms with Crippen molar-refractivity contribution in [1.29, 1.82) is 0 Å². The molecule has 8 nitrogen and oxygen atoms in total. The van der Waals surface area contributed by atoms with Crippen LogP contribution in [0, 0.1) is 0 Å². The van der Waals surface area contributed by atoms with E-state index in [0.717, 1.165) is 23.4 Å². The number of benzene rings is 3. The highest BCUT2D eigenvalue weighted by atomic mass is 35.5. The molecule has 0 radical (unpaired) electrons. The highest BCUT2D eigenvalue weighted by Gasteiger charge is 2.19. The van der Waals surface area contributed by atoms with Gasteiger partial charge in [-0.1, -0.05) is 23.7 Å². The van der Waals surface area contributed by atoms with Gasteiger partial charge in [0.2, 0.25) is 0 Å². The molecule has 32 heavy (non-hydrogen) atoms. The number of hydrazone groups is 1. The lowest BCUT2D eigenvalue weighted by molar-refractivity contribution is 0.542. The van der Waals surface area contributed by atoms with Crippen LogP contribution in [0.2, 0.25) is 5.02 Å². The highest BCUT2D eigenvalue weighted by molar-refractivity contribution is 7.92. The molecule has 1 unspecified atom stereocenters. The van der Waals surface area contributed by atoms with Crippen LogP contribution in [0.4, 0.5) is 17.1 Å². The molecule has 1 aliphatic rings. The molecule has 1 atom stereocenters. The zero-order valence-corrected chi connectivity index (χ0v) is 19.0. The van der Waals surface area contributed by atoms with Crippen molar-refractivity contribution in [1.82, 2.24) is 0 Å². The zero-order valence-electron chi connectivity index (χ0n) is 16.6. The largest absolute Gasteiger partial charge is 0.755 e. The summed E-state index contributed by atoms with van der Waals surface area (Å²) in [6.07, 6.45) is 0.772. The monoisotopic (exact) mass is 489 g/mol. The zero-order chi connectivity index (χ0) is 22.7. The maximum Gasteiger partial charge on any atom is 0.261 e. The molecule has 0 aliphatic carbocycles. The Morgan fingerprint density at radius 3 is 2.19 bits per heavy atom. The molecule has 2 N–H and O–H groups in total. The number of nitrogens with zero attached hydrogens (tertiary/aromatic N) is 2. The molecule has 0 aromatic heterocycles. The molecule has 0 spiro atoms. The lowest BCUT2D eigenvalue weighted by Gasteiger charge is -2.14. The first kappa shape index (κ1) is 22.3. The summed E-state index contributed by atoms with van der Waals surface area (Å²) in [6.45, 7) is 0.691. The summed E-state index contributed by atoms with van der Waals surface area (Å²) in [4.78, 5) is 0.102. The van der Waals surface area contributed by atoms with Crippen molar-refractivity contribution in [2.75, 3.05) is 21.0 Å². The van der Waals surface area contributed by atoms with Gasteiger partial charge in [-0.2, -0.15) is 5.10 Å². The minimum absolute atomic E-state index is 0.102. The van der Waals surface area contributed by atoms with E-state index in [2.05, 4.69) is 14.5 Å². The summed E-state index contributed by atoms with van der Waals surface area (Å²) < 4.78 is 51.3. The molecule has 0 fully saturated rings. The van der Waals surface area contributed by atoms with Crippen molar-refractivity contribution in [3.8, 4) is 0 Å². The van der Waals surface area contributed by atoms with Crippen LogP contribution in [0.15, 0.2) is 82.8 Å². The first-order chi connectivity index (χ1) is 15.3. The van der Waals surface area contributed by atoms with Gasteiger partial charge in [-0.25, -0.2) is 8.42 Å². The first-order valence-electron chi connectivity index (χ1n) is 9.50. The molecule has 166 valence electrons. The van der Waals surface area contributed by atoms with Crippen LogP contribution >= 0.6 is 11.6 Å². The summed E-state index contributed by atoms with van der Waals surface area (Å²) >= 11 is 3.49. The Kier molecular flexibility index (Phi) is 6.47. The summed E-state index contributed by atoms with van der Waals surface area (Å²) in [6, 6.07) is 19.8. The molecule has 1 heterocycles. The molecule has 1 aliphatic heterocycles. The number of hydrogen-bond acceptors (Lipinski definition) is 6. The van der Waals surface area contributed by atoms with E-state index in [1.54, 1.807) is 12.1 Å². The number of anilines is 3. The van der Waals surface area contributed by atoms with Crippen molar-refractivity contribution in [3.63, 3.8) is 0 Å². The molecule has 3 aromatic rings. The molecule has 3 aromatic carbocycles. The molecule has 4 rings (SSSR count). The third-order valence-corrected chi connectivity index (χ3v) is 6.81. The maximum atomic E-state index is 12.7. The Morgan fingerprint density at radius 2 is 1.56 bits per heavy atom. The lowest BCUT2D eigenvalue weighted by atomic mass is 10.1. The van der Waals surface area contributed by atoms with Crippen LogP contribution < -0.4 is 14.5 Å². The van der Waals surface area contributed by atoms with E-state index in [1.807, 2.05) is 29.3 Å². The Balaban J connectivity index is 1.46. The summed E-state index contributed by atoms with van der Waals surface area (Å²) in [5.74, 6) is 0. The van der Waals surface area contributed by atoms with Crippen molar-refractivity contribution in [2.24, 2.45) is 5.10 Å². The van der Waals surface area contributed by atoms with E-state index in [4.69, 9.17) is 11.6 Å². The summed E-state index contributed by atoms with van der Waals surface area (Å²) in [7, 11) is -3.81. The van der Waals surface area contributed by atoms with E-state index in [-0.39, 0.29) is 4.90 Å². The van der Waals surface area contributed by atoms with Gasteiger partial charge < -0.3 is 9.27 Å². The quantitative estimate of drug-likeness (QED) is 0.487. The fourth-order valence-electron chi connectivity index (χ4n) is 3.20. The van der Waals surface area contributed by atoms with Gasteiger partial charge in [0.25, 0.3) is 10.0 Å². The molecular weight excluding hydrogens is 472 g/mol. The van der Waals surface area contributed by atoms with Crippen LogP contribution in [-0.4, -0.2) is 29.4 Å². The average molecular weight is 490 g/mol. The Bertz CT molecular complexity index is 1260. The predicted octanol–water partition coefficient (Wildman–Crippen LogP) is 3.96. The maximum absolute atomic E-state index is 12.7. The molecule has 0 saturated carbocycles. The second kappa shape index (κ2) is 9.29. The summed E-state index contributed by atoms with van der Waals surface area (Å²) in [5, 5.41) is 7.14. The van der Waals surface area contributed by atoms with Crippen LogP contribution in [0.25, 0.3) is 0 Å².